The number of carboxylic acids is 1. The molecule has 4 heteroatoms. The van der Waals surface area contributed by atoms with Crippen LogP contribution in [0.25, 0.3) is 5.69 Å². The average molecular weight is 230 g/mol. The molecule has 2 rings (SSSR count). The second-order valence-corrected chi connectivity index (χ2v) is 4.10. The van der Waals surface area contributed by atoms with Crippen molar-refractivity contribution in [2.75, 3.05) is 0 Å². The van der Waals surface area contributed by atoms with Crippen LogP contribution in [0.4, 0.5) is 0 Å². The number of carbonyl (C=O) groups is 1. The number of nitrogens with zero attached hydrogens (tertiary/aromatic N) is 2. The molecule has 2 heterocycles. The van der Waals surface area contributed by atoms with Crippen LogP contribution >= 0.6 is 0 Å². The van der Waals surface area contributed by atoms with Crippen LogP contribution in [0, 0.1) is 20.8 Å². The topological polar surface area (TPSA) is 55.1 Å². The molecule has 0 aliphatic heterocycles. The summed E-state index contributed by atoms with van der Waals surface area (Å²) in [4.78, 5) is 15.4. The summed E-state index contributed by atoms with van der Waals surface area (Å²) in [6, 6.07) is 5.43. The lowest BCUT2D eigenvalue weighted by Gasteiger charge is -2.09. The Morgan fingerprint density at radius 2 is 2.00 bits per heavy atom. The molecule has 0 atom stereocenters. The normalized spacial score (nSPS) is 10.5. The van der Waals surface area contributed by atoms with Crippen molar-refractivity contribution in [1.29, 1.82) is 0 Å². The quantitative estimate of drug-likeness (QED) is 0.862. The van der Waals surface area contributed by atoms with Gasteiger partial charge in [-0.05, 0) is 44.5 Å². The Kier molecular flexibility index (Phi) is 2.71. The average Bonchev–Trinajstić information content (AvgIpc) is 2.57. The van der Waals surface area contributed by atoms with E-state index >= 15 is 0 Å². The molecule has 2 aromatic heterocycles. The number of aromatic carboxylic acids is 1. The van der Waals surface area contributed by atoms with Gasteiger partial charge < -0.3 is 9.67 Å². The maximum absolute atomic E-state index is 11.2. The molecule has 0 bridgehead atoms. The molecule has 0 aromatic carbocycles. The minimum atomic E-state index is -0.929. The number of carboxylic acid groups (broad SMARTS) is 1. The largest absolute Gasteiger partial charge is 0.477 e. The Balaban J connectivity index is 2.65. The zero-order valence-corrected chi connectivity index (χ0v) is 10.1. The standard InChI is InChI=1S/C13H14N2O2/c1-8-6-12(13(16)17)15(10(8)3)11-5-4-9(2)14-7-11/h4-7H,1-3H3,(H,16,17). The van der Waals surface area contributed by atoms with Crippen LogP contribution in [0.5, 0.6) is 0 Å². The highest BCUT2D eigenvalue weighted by Crippen LogP contribution is 2.20. The van der Waals surface area contributed by atoms with Gasteiger partial charge >= 0.3 is 5.97 Å². The van der Waals surface area contributed by atoms with Crippen molar-refractivity contribution in [3.05, 3.63) is 47.0 Å². The zero-order valence-electron chi connectivity index (χ0n) is 10.1. The predicted octanol–water partition coefficient (Wildman–Crippen LogP) is 2.50. The lowest BCUT2D eigenvalue weighted by atomic mass is 10.3. The molecule has 0 saturated heterocycles. The van der Waals surface area contributed by atoms with Crippen LogP contribution in [0.2, 0.25) is 0 Å². The Labute approximate surface area is 99.5 Å². The van der Waals surface area contributed by atoms with Gasteiger partial charge in [0.2, 0.25) is 0 Å². The second kappa shape index (κ2) is 4.05. The van der Waals surface area contributed by atoms with E-state index in [2.05, 4.69) is 4.98 Å². The third-order valence-corrected chi connectivity index (χ3v) is 2.87. The van der Waals surface area contributed by atoms with Gasteiger partial charge in [0.25, 0.3) is 0 Å². The Morgan fingerprint density at radius 1 is 1.29 bits per heavy atom. The SMILES string of the molecule is Cc1ccc(-n2c(C(=O)O)cc(C)c2C)cn1. The maximum Gasteiger partial charge on any atom is 0.352 e. The lowest BCUT2D eigenvalue weighted by Crippen LogP contribution is -2.08. The fourth-order valence-electron chi connectivity index (χ4n) is 1.81. The van der Waals surface area contributed by atoms with Crippen LogP contribution in [-0.4, -0.2) is 20.6 Å². The Morgan fingerprint density at radius 3 is 2.53 bits per heavy atom. The van der Waals surface area contributed by atoms with Crippen molar-refractivity contribution in [3.8, 4) is 5.69 Å². The summed E-state index contributed by atoms with van der Waals surface area (Å²) < 4.78 is 1.71. The van der Waals surface area contributed by atoms with Crippen LogP contribution in [0.15, 0.2) is 24.4 Å². The maximum atomic E-state index is 11.2. The molecule has 1 N–H and O–H groups in total. The van der Waals surface area contributed by atoms with Crippen LogP contribution in [0.3, 0.4) is 0 Å². The van der Waals surface area contributed by atoms with Crippen molar-refractivity contribution in [3.63, 3.8) is 0 Å². The number of rotatable bonds is 2. The van der Waals surface area contributed by atoms with Crippen molar-refractivity contribution in [2.24, 2.45) is 0 Å². The van der Waals surface area contributed by atoms with Gasteiger partial charge in [0.05, 0.1) is 11.9 Å². The number of hydrogen-bond donors (Lipinski definition) is 1. The monoisotopic (exact) mass is 230 g/mol. The number of aromatic nitrogens is 2. The van der Waals surface area contributed by atoms with Gasteiger partial charge in [-0.1, -0.05) is 0 Å². The van der Waals surface area contributed by atoms with Crippen molar-refractivity contribution in [2.45, 2.75) is 20.8 Å². The number of aryl methyl sites for hydroxylation is 2. The smallest absolute Gasteiger partial charge is 0.352 e. The van der Waals surface area contributed by atoms with E-state index in [0.29, 0.717) is 0 Å². The van der Waals surface area contributed by atoms with E-state index in [9.17, 15) is 9.90 Å². The minimum Gasteiger partial charge on any atom is -0.477 e. The first-order chi connectivity index (χ1) is 8.00. The summed E-state index contributed by atoms with van der Waals surface area (Å²) in [5, 5.41) is 9.18. The highest BCUT2D eigenvalue weighted by atomic mass is 16.4. The van der Waals surface area contributed by atoms with E-state index in [0.717, 1.165) is 22.6 Å². The fraction of sp³-hybridized carbons (Fsp3) is 0.231. The zero-order chi connectivity index (χ0) is 12.6. The van der Waals surface area contributed by atoms with Gasteiger partial charge in [0, 0.05) is 11.4 Å². The summed E-state index contributed by atoms with van der Waals surface area (Å²) in [7, 11) is 0. The molecular formula is C13H14N2O2. The number of pyridine rings is 1. The number of hydrogen-bond acceptors (Lipinski definition) is 2. The molecule has 0 amide bonds. The molecule has 2 aromatic rings. The fourth-order valence-corrected chi connectivity index (χ4v) is 1.81. The molecule has 0 fully saturated rings. The van der Waals surface area contributed by atoms with Gasteiger partial charge in [0.1, 0.15) is 5.69 Å². The first kappa shape index (κ1) is 11.4. The summed E-state index contributed by atoms with van der Waals surface area (Å²) in [5.41, 5.74) is 3.84. The third-order valence-electron chi connectivity index (χ3n) is 2.87. The van der Waals surface area contributed by atoms with Gasteiger partial charge in [-0.2, -0.15) is 0 Å². The van der Waals surface area contributed by atoms with E-state index in [1.807, 2.05) is 32.9 Å². The molecule has 4 nitrogen and oxygen atoms in total. The molecule has 0 aliphatic carbocycles. The highest BCUT2D eigenvalue weighted by Gasteiger charge is 2.16. The van der Waals surface area contributed by atoms with Crippen molar-refractivity contribution < 1.29 is 9.90 Å². The van der Waals surface area contributed by atoms with E-state index in [-0.39, 0.29) is 5.69 Å². The second-order valence-electron chi connectivity index (χ2n) is 4.10. The van der Waals surface area contributed by atoms with E-state index in [1.54, 1.807) is 16.8 Å². The van der Waals surface area contributed by atoms with Crippen molar-refractivity contribution in [1.82, 2.24) is 9.55 Å². The summed E-state index contributed by atoms with van der Waals surface area (Å²) in [5.74, 6) is -0.929. The highest BCUT2D eigenvalue weighted by molar-refractivity contribution is 5.87. The van der Waals surface area contributed by atoms with E-state index < -0.39 is 5.97 Å². The third kappa shape index (κ3) is 1.93. The molecule has 0 radical (unpaired) electrons. The summed E-state index contributed by atoms with van der Waals surface area (Å²) >= 11 is 0. The van der Waals surface area contributed by atoms with Crippen LogP contribution in [0.1, 0.15) is 27.4 Å². The van der Waals surface area contributed by atoms with E-state index in [1.165, 1.54) is 0 Å². The lowest BCUT2D eigenvalue weighted by molar-refractivity contribution is 0.0688. The van der Waals surface area contributed by atoms with Gasteiger partial charge in [-0.15, -0.1) is 0 Å². The molecule has 0 spiro atoms. The molecule has 0 unspecified atom stereocenters. The molecule has 0 aliphatic rings. The molecule has 88 valence electrons. The van der Waals surface area contributed by atoms with Gasteiger partial charge in [-0.3, -0.25) is 4.98 Å². The summed E-state index contributed by atoms with van der Waals surface area (Å²) in [6.45, 7) is 5.71. The van der Waals surface area contributed by atoms with Gasteiger partial charge in [0.15, 0.2) is 0 Å². The van der Waals surface area contributed by atoms with E-state index in [4.69, 9.17) is 0 Å². The van der Waals surface area contributed by atoms with Crippen LogP contribution in [-0.2, 0) is 0 Å². The Bertz CT molecular complexity index is 568. The van der Waals surface area contributed by atoms with Gasteiger partial charge in [-0.25, -0.2) is 4.79 Å². The minimum absolute atomic E-state index is 0.269. The Hall–Kier alpha value is -2.10. The van der Waals surface area contributed by atoms with Crippen LogP contribution < -0.4 is 0 Å². The first-order valence-electron chi connectivity index (χ1n) is 5.36. The first-order valence-corrected chi connectivity index (χ1v) is 5.36. The van der Waals surface area contributed by atoms with Crippen molar-refractivity contribution >= 4 is 5.97 Å². The predicted molar refractivity (Wildman–Crippen MR) is 64.7 cm³/mol. The summed E-state index contributed by atoms with van der Waals surface area (Å²) in [6.07, 6.45) is 1.69. The molecule has 17 heavy (non-hydrogen) atoms. The molecular weight excluding hydrogens is 216 g/mol. The molecule has 0 saturated carbocycles.